The third-order valence-electron chi connectivity index (χ3n) is 3.86. The average Bonchev–Trinajstić information content (AvgIpc) is 2.59. The second kappa shape index (κ2) is 9.43. The van der Waals surface area contributed by atoms with Gasteiger partial charge < -0.3 is 15.0 Å². The van der Waals surface area contributed by atoms with Gasteiger partial charge in [-0.1, -0.05) is 39.7 Å². The highest BCUT2D eigenvalue weighted by molar-refractivity contribution is 9.10. The highest BCUT2D eigenvalue weighted by Crippen LogP contribution is 2.19. The van der Waals surface area contributed by atoms with Gasteiger partial charge in [-0.15, -0.1) is 0 Å². The molecular formula is C21H24BrClN2O3. The fraction of sp³-hybridized carbons (Fsp3) is 0.333. The van der Waals surface area contributed by atoms with Gasteiger partial charge in [-0.3, -0.25) is 4.79 Å². The molecule has 0 spiro atoms. The maximum atomic E-state index is 13.1. The van der Waals surface area contributed by atoms with Gasteiger partial charge in [-0.2, -0.15) is 0 Å². The van der Waals surface area contributed by atoms with Gasteiger partial charge in [0.1, 0.15) is 11.6 Å². The lowest BCUT2D eigenvalue weighted by atomic mass is 10.0. The van der Waals surface area contributed by atoms with E-state index < -0.39 is 17.7 Å². The monoisotopic (exact) mass is 466 g/mol. The summed E-state index contributed by atoms with van der Waals surface area (Å²) in [4.78, 5) is 26.9. The molecule has 1 N–H and O–H groups in total. The van der Waals surface area contributed by atoms with Crippen molar-refractivity contribution in [2.75, 3.05) is 11.9 Å². The maximum Gasteiger partial charge on any atom is 0.408 e. The zero-order valence-corrected chi connectivity index (χ0v) is 18.7. The Morgan fingerprint density at radius 3 is 2.39 bits per heavy atom. The normalized spacial score (nSPS) is 12.2. The molecule has 2 aromatic rings. The summed E-state index contributed by atoms with van der Waals surface area (Å²) in [5, 5.41) is 3.29. The lowest BCUT2D eigenvalue weighted by molar-refractivity contribution is -0.120. The van der Waals surface area contributed by atoms with Gasteiger partial charge >= 0.3 is 6.09 Å². The standard InChI is InChI=1S/C21H24BrClN2O3/c1-21(2,3)28-20(27)24-18(13-14-6-5-7-15(22)12-14)19(26)25(4)17-10-8-16(23)9-11-17/h5-12,18H,13H2,1-4H3,(H,24,27)/t18-/m0/s1. The van der Waals surface area contributed by atoms with Crippen LogP contribution in [0, 0.1) is 0 Å². The number of hydrogen-bond donors (Lipinski definition) is 1. The summed E-state index contributed by atoms with van der Waals surface area (Å²) in [7, 11) is 1.66. The Morgan fingerprint density at radius 2 is 1.82 bits per heavy atom. The van der Waals surface area contributed by atoms with Crippen molar-refractivity contribution in [1.82, 2.24) is 5.32 Å². The topological polar surface area (TPSA) is 58.6 Å². The summed E-state index contributed by atoms with van der Waals surface area (Å²) >= 11 is 9.36. The molecule has 2 amide bonds. The molecule has 28 heavy (non-hydrogen) atoms. The molecule has 0 bridgehead atoms. The maximum absolute atomic E-state index is 13.1. The molecule has 0 aromatic heterocycles. The summed E-state index contributed by atoms with van der Waals surface area (Å²) in [5.74, 6) is -0.256. The molecule has 0 saturated carbocycles. The molecule has 1 atom stereocenters. The van der Waals surface area contributed by atoms with Crippen molar-refractivity contribution >= 4 is 45.2 Å². The smallest absolute Gasteiger partial charge is 0.408 e. The predicted octanol–water partition coefficient (Wildman–Crippen LogP) is 5.20. The average molecular weight is 468 g/mol. The highest BCUT2D eigenvalue weighted by atomic mass is 79.9. The molecule has 0 aliphatic heterocycles. The molecular weight excluding hydrogens is 444 g/mol. The molecule has 0 saturated heterocycles. The van der Waals surface area contributed by atoms with Crippen LogP contribution in [0.3, 0.4) is 0 Å². The number of nitrogens with zero attached hydrogens (tertiary/aromatic N) is 1. The Balaban J connectivity index is 2.23. The minimum atomic E-state index is -0.787. The first-order chi connectivity index (χ1) is 13.0. The number of carbonyl (C=O) groups excluding carboxylic acids is 2. The first-order valence-electron chi connectivity index (χ1n) is 8.82. The molecule has 0 fully saturated rings. The van der Waals surface area contributed by atoms with Crippen molar-refractivity contribution in [2.45, 2.75) is 38.8 Å². The van der Waals surface area contributed by atoms with Crippen molar-refractivity contribution in [3.63, 3.8) is 0 Å². The van der Waals surface area contributed by atoms with Crippen molar-refractivity contribution < 1.29 is 14.3 Å². The van der Waals surface area contributed by atoms with E-state index >= 15 is 0 Å². The number of halogens is 2. The molecule has 2 rings (SSSR count). The quantitative estimate of drug-likeness (QED) is 0.657. The number of nitrogens with one attached hydrogen (secondary N) is 1. The largest absolute Gasteiger partial charge is 0.444 e. The summed E-state index contributed by atoms with van der Waals surface area (Å²) in [6, 6.07) is 13.8. The van der Waals surface area contributed by atoms with Crippen LogP contribution in [0.4, 0.5) is 10.5 Å². The van der Waals surface area contributed by atoms with E-state index in [1.165, 1.54) is 4.90 Å². The van der Waals surface area contributed by atoms with Gasteiger partial charge in [0, 0.05) is 28.7 Å². The van der Waals surface area contributed by atoms with Crippen LogP contribution in [0.2, 0.25) is 5.02 Å². The van der Waals surface area contributed by atoms with Gasteiger partial charge in [0.2, 0.25) is 5.91 Å². The van der Waals surface area contributed by atoms with Gasteiger partial charge in [0.05, 0.1) is 0 Å². The molecule has 0 aliphatic rings. The number of rotatable bonds is 5. The zero-order valence-electron chi connectivity index (χ0n) is 16.3. The molecule has 7 heteroatoms. The van der Waals surface area contributed by atoms with E-state index in [0.29, 0.717) is 17.1 Å². The van der Waals surface area contributed by atoms with Crippen LogP contribution < -0.4 is 10.2 Å². The molecule has 0 heterocycles. The van der Waals surface area contributed by atoms with Gasteiger partial charge in [0.25, 0.3) is 0 Å². The Bertz CT molecular complexity index is 834. The van der Waals surface area contributed by atoms with Crippen LogP contribution in [0.1, 0.15) is 26.3 Å². The van der Waals surface area contributed by atoms with Gasteiger partial charge in [0.15, 0.2) is 0 Å². The van der Waals surface area contributed by atoms with Crippen molar-refractivity contribution in [1.29, 1.82) is 0 Å². The Hall–Kier alpha value is -2.05. The van der Waals surface area contributed by atoms with Crippen LogP contribution in [0.5, 0.6) is 0 Å². The number of likely N-dealkylation sites (N-methyl/N-ethyl adjacent to an activating group) is 1. The molecule has 0 radical (unpaired) electrons. The number of hydrogen-bond acceptors (Lipinski definition) is 3. The first kappa shape index (κ1) is 22.2. The van der Waals surface area contributed by atoms with Crippen LogP contribution in [-0.4, -0.2) is 30.7 Å². The Kier molecular flexibility index (Phi) is 7.49. The molecule has 2 aromatic carbocycles. The SMILES string of the molecule is CN(C(=O)[C@H](Cc1cccc(Br)c1)NC(=O)OC(C)(C)C)c1ccc(Cl)cc1. The number of alkyl carbamates (subject to hydrolysis) is 1. The van der Waals surface area contributed by atoms with E-state index in [4.69, 9.17) is 16.3 Å². The minimum absolute atomic E-state index is 0.256. The summed E-state index contributed by atoms with van der Waals surface area (Å²) < 4.78 is 6.24. The lowest BCUT2D eigenvalue weighted by Gasteiger charge is -2.27. The minimum Gasteiger partial charge on any atom is -0.444 e. The highest BCUT2D eigenvalue weighted by Gasteiger charge is 2.27. The number of amides is 2. The van der Waals surface area contributed by atoms with E-state index in [1.807, 2.05) is 24.3 Å². The summed E-state index contributed by atoms with van der Waals surface area (Å²) in [6.07, 6.45) is -0.305. The third-order valence-corrected chi connectivity index (χ3v) is 4.61. The summed E-state index contributed by atoms with van der Waals surface area (Å²) in [6.45, 7) is 5.33. The predicted molar refractivity (Wildman–Crippen MR) is 116 cm³/mol. The van der Waals surface area contributed by atoms with Gasteiger partial charge in [-0.25, -0.2) is 4.79 Å². The Labute approximate surface area is 179 Å². The number of carbonyl (C=O) groups is 2. The van der Waals surface area contributed by atoms with Crippen LogP contribution in [0.25, 0.3) is 0 Å². The molecule has 150 valence electrons. The van der Waals surface area contributed by atoms with Crippen LogP contribution in [0.15, 0.2) is 53.0 Å². The fourth-order valence-electron chi connectivity index (χ4n) is 2.58. The fourth-order valence-corrected chi connectivity index (χ4v) is 3.15. The molecule has 0 aliphatic carbocycles. The van der Waals surface area contributed by atoms with E-state index in [1.54, 1.807) is 52.1 Å². The Morgan fingerprint density at radius 1 is 1.18 bits per heavy atom. The first-order valence-corrected chi connectivity index (χ1v) is 9.99. The van der Waals surface area contributed by atoms with Crippen molar-refractivity contribution in [2.24, 2.45) is 0 Å². The van der Waals surface area contributed by atoms with Crippen molar-refractivity contribution in [3.8, 4) is 0 Å². The van der Waals surface area contributed by atoms with Crippen LogP contribution in [-0.2, 0) is 16.0 Å². The number of ether oxygens (including phenoxy) is 1. The third kappa shape index (κ3) is 6.84. The van der Waals surface area contributed by atoms with Gasteiger partial charge in [-0.05, 0) is 62.7 Å². The van der Waals surface area contributed by atoms with E-state index in [9.17, 15) is 9.59 Å². The molecule has 5 nitrogen and oxygen atoms in total. The summed E-state index contributed by atoms with van der Waals surface area (Å²) in [5.41, 5.74) is 0.933. The number of anilines is 1. The number of benzene rings is 2. The van der Waals surface area contributed by atoms with E-state index in [0.717, 1.165) is 10.0 Å². The lowest BCUT2D eigenvalue weighted by Crippen LogP contribution is -2.50. The zero-order chi connectivity index (χ0) is 20.9. The molecule has 0 unspecified atom stereocenters. The van der Waals surface area contributed by atoms with Crippen LogP contribution >= 0.6 is 27.5 Å². The van der Waals surface area contributed by atoms with E-state index in [-0.39, 0.29) is 5.91 Å². The second-order valence-corrected chi connectivity index (χ2v) is 8.76. The van der Waals surface area contributed by atoms with E-state index in [2.05, 4.69) is 21.2 Å². The second-order valence-electron chi connectivity index (χ2n) is 7.41. The van der Waals surface area contributed by atoms with Crippen molar-refractivity contribution in [3.05, 3.63) is 63.6 Å².